The first-order valence-electron chi connectivity index (χ1n) is 9.73. The zero-order valence-corrected chi connectivity index (χ0v) is 16.1. The van der Waals surface area contributed by atoms with Gasteiger partial charge in [-0.25, -0.2) is 0 Å². The van der Waals surface area contributed by atoms with Crippen molar-refractivity contribution in [1.82, 2.24) is 15.2 Å². The normalized spacial score (nSPS) is 14.6. The number of para-hydroxylation sites is 1. The van der Waals surface area contributed by atoms with E-state index in [-0.39, 0.29) is 18.4 Å². The number of carbonyl (C=O) groups excluding carboxylic acids is 2. The number of nitrogens with one attached hydrogen (secondary N) is 3. The van der Waals surface area contributed by atoms with Gasteiger partial charge in [0.15, 0.2) is 0 Å². The highest BCUT2D eigenvalue weighted by atomic mass is 16.5. The summed E-state index contributed by atoms with van der Waals surface area (Å²) >= 11 is 0. The van der Waals surface area contributed by atoms with Gasteiger partial charge >= 0.3 is 0 Å². The molecule has 1 saturated heterocycles. The quantitative estimate of drug-likeness (QED) is 0.601. The minimum Gasteiger partial charge on any atom is -0.379 e. The fourth-order valence-electron chi connectivity index (χ4n) is 3.52. The van der Waals surface area contributed by atoms with Crippen molar-refractivity contribution < 1.29 is 14.3 Å². The lowest BCUT2D eigenvalue weighted by molar-refractivity contribution is -0.118. The van der Waals surface area contributed by atoms with Crippen LogP contribution in [0.5, 0.6) is 0 Å². The molecule has 2 amide bonds. The second-order valence-electron chi connectivity index (χ2n) is 7.02. The van der Waals surface area contributed by atoms with E-state index >= 15 is 0 Å². The zero-order chi connectivity index (χ0) is 20.1. The summed E-state index contributed by atoms with van der Waals surface area (Å²) in [4.78, 5) is 30.4. The third kappa shape index (κ3) is 4.64. The van der Waals surface area contributed by atoms with Crippen LogP contribution in [0.2, 0.25) is 0 Å². The molecular weight excluding hydrogens is 368 g/mol. The Labute approximate surface area is 169 Å². The van der Waals surface area contributed by atoms with Crippen LogP contribution < -0.4 is 10.6 Å². The lowest BCUT2D eigenvalue weighted by Gasteiger charge is -2.25. The van der Waals surface area contributed by atoms with Gasteiger partial charge in [-0.15, -0.1) is 0 Å². The van der Waals surface area contributed by atoms with Crippen molar-refractivity contribution in [2.75, 3.05) is 38.2 Å². The van der Waals surface area contributed by atoms with Crippen molar-refractivity contribution in [2.45, 2.75) is 6.54 Å². The number of morpholine rings is 1. The van der Waals surface area contributed by atoms with E-state index in [4.69, 9.17) is 4.74 Å². The monoisotopic (exact) mass is 392 g/mol. The lowest BCUT2D eigenvalue weighted by Crippen LogP contribution is -2.41. The van der Waals surface area contributed by atoms with Crippen molar-refractivity contribution in [1.29, 1.82) is 0 Å². The third-order valence-electron chi connectivity index (χ3n) is 5.04. The van der Waals surface area contributed by atoms with Gasteiger partial charge in [-0.2, -0.15) is 0 Å². The number of aromatic amines is 1. The second kappa shape index (κ2) is 8.89. The van der Waals surface area contributed by atoms with Crippen molar-refractivity contribution in [3.8, 4) is 0 Å². The average molecular weight is 392 g/mol. The Balaban J connectivity index is 1.41. The van der Waals surface area contributed by atoms with Gasteiger partial charge in [0.2, 0.25) is 5.91 Å². The Hall–Kier alpha value is -3.16. The van der Waals surface area contributed by atoms with E-state index in [0.29, 0.717) is 31.0 Å². The van der Waals surface area contributed by atoms with Crippen LogP contribution >= 0.6 is 0 Å². The van der Waals surface area contributed by atoms with Crippen molar-refractivity contribution in [3.63, 3.8) is 0 Å². The Morgan fingerprint density at radius 1 is 1.03 bits per heavy atom. The number of hydrogen-bond donors (Lipinski definition) is 3. The molecule has 4 rings (SSSR count). The number of hydrogen-bond acceptors (Lipinski definition) is 4. The molecule has 0 saturated carbocycles. The highest BCUT2D eigenvalue weighted by Crippen LogP contribution is 2.19. The standard InChI is InChI=1S/C22H24N4O3/c27-21(15-26-10-12-29-13-11-26)25-20-6-2-1-5-18(20)22(28)24-14-16-4-3-7-19-17(16)8-9-23-19/h1-9,23H,10-15H2,(H,24,28)(H,25,27). The molecule has 7 nitrogen and oxygen atoms in total. The Bertz CT molecular complexity index is 1010. The molecular formula is C22H24N4O3. The predicted molar refractivity (Wildman–Crippen MR) is 112 cm³/mol. The van der Waals surface area contributed by atoms with Gasteiger partial charge in [0, 0.05) is 36.7 Å². The number of nitrogens with zero attached hydrogens (tertiary/aromatic N) is 1. The number of amides is 2. The lowest BCUT2D eigenvalue weighted by atomic mass is 10.1. The summed E-state index contributed by atoms with van der Waals surface area (Å²) in [5, 5.41) is 6.92. The van der Waals surface area contributed by atoms with E-state index in [2.05, 4.69) is 15.6 Å². The van der Waals surface area contributed by atoms with E-state index in [1.807, 2.05) is 41.4 Å². The van der Waals surface area contributed by atoms with Gasteiger partial charge in [-0.05, 0) is 29.8 Å². The molecule has 0 aliphatic carbocycles. The molecule has 1 aliphatic heterocycles. The molecule has 7 heteroatoms. The number of carbonyl (C=O) groups is 2. The number of anilines is 1. The average Bonchev–Trinajstić information content (AvgIpc) is 3.22. The number of aromatic nitrogens is 1. The van der Waals surface area contributed by atoms with Gasteiger partial charge < -0.3 is 20.4 Å². The van der Waals surface area contributed by atoms with E-state index in [1.165, 1.54) is 0 Å². The summed E-state index contributed by atoms with van der Waals surface area (Å²) in [6.45, 7) is 3.44. The van der Waals surface area contributed by atoms with Crippen LogP contribution in [0.15, 0.2) is 54.7 Å². The molecule has 0 radical (unpaired) electrons. The summed E-state index contributed by atoms with van der Waals surface area (Å²) in [7, 11) is 0. The summed E-state index contributed by atoms with van der Waals surface area (Å²) < 4.78 is 5.31. The Morgan fingerprint density at radius 3 is 2.72 bits per heavy atom. The SMILES string of the molecule is O=C(CN1CCOCC1)Nc1ccccc1C(=O)NCc1cccc2[nH]ccc12. The minimum absolute atomic E-state index is 0.135. The van der Waals surface area contributed by atoms with Crippen molar-refractivity contribution in [2.24, 2.45) is 0 Å². The van der Waals surface area contributed by atoms with Gasteiger partial charge in [0.25, 0.3) is 5.91 Å². The first-order chi connectivity index (χ1) is 14.2. The Morgan fingerprint density at radius 2 is 1.86 bits per heavy atom. The van der Waals surface area contributed by atoms with Gasteiger partial charge in [-0.1, -0.05) is 24.3 Å². The number of fused-ring (bicyclic) bond motifs is 1. The van der Waals surface area contributed by atoms with Crippen molar-refractivity contribution >= 4 is 28.4 Å². The van der Waals surface area contributed by atoms with Crippen LogP contribution in [0.1, 0.15) is 15.9 Å². The van der Waals surface area contributed by atoms with Crippen LogP contribution in [-0.4, -0.2) is 54.5 Å². The maximum Gasteiger partial charge on any atom is 0.253 e. The maximum absolute atomic E-state index is 12.8. The molecule has 1 aliphatic rings. The first kappa shape index (κ1) is 19.2. The van der Waals surface area contributed by atoms with Crippen LogP contribution in [0, 0.1) is 0 Å². The van der Waals surface area contributed by atoms with Crippen LogP contribution in [0.25, 0.3) is 10.9 Å². The summed E-state index contributed by atoms with van der Waals surface area (Å²) in [6.07, 6.45) is 1.88. The summed E-state index contributed by atoms with van der Waals surface area (Å²) in [5.74, 6) is -0.357. The Kier molecular flexibility index (Phi) is 5.88. The van der Waals surface area contributed by atoms with E-state index < -0.39 is 0 Å². The predicted octanol–water partition coefficient (Wildman–Crippen LogP) is 2.37. The molecule has 1 fully saturated rings. The molecule has 2 heterocycles. The molecule has 0 atom stereocenters. The van der Waals surface area contributed by atoms with Crippen molar-refractivity contribution in [3.05, 3.63) is 65.9 Å². The highest BCUT2D eigenvalue weighted by molar-refractivity contribution is 6.04. The summed E-state index contributed by atoms with van der Waals surface area (Å²) in [5.41, 5.74) is 3.03. The van der Waals surface area contributed by atoms with Gasteiger partial charge in [0.05, 0.1) is 31.0 Å². The minimum atomic E-state index is -0.222. The molecule has 0 spiro atoms. The molecule has 0 unspecified atom stereocenters. The van der Waals surface area contributed by atoms with E-state index in [9.17, 15) is 9.59 Å². The number of benzene rings is 2. The maximum atomic E-state index is 12.8. The largest absolute Gasteiger partial charge is 0.379 e. The molecule has 1 aromatic heterocycles. The molecule has 3 aromatic rings. The molecule has 29 heavy (non-hydrogen) atoms. The topological polar surface area (TPSA) is 86.5 Å². The summed E-state index contributed by atoms with van der Waals surface area (Å²) in [6, 6.07) is 15.0. The molecule has 2 aromatic carbocycles. The smallest absolute Gasteiger partial charge is 0.253 e. The van der Waals surface area contributed by atoms with E-state index in [1.54, 1.807) is 18.2 Å². The number of H-pyrrole nitrogens is 1. The first-order valence-corrected chi connectivity index (χ1v) is 9.73. The van der Waals surface area contributed by atoms with Crippen LogP contribution in [0.3, 0.4) is 0 Å². The van der Waals surface area contributed by atoms with Crippen LogP contribution in [-0.2, 0) is 16.1 Å². The van der Waals surface area contributed by atoms with Gasteiger partial charge in [0.1, 0.15) is 0 Å². The fourth-order valence-corrected chi connectivity index (χ4v) is 3.52. The third-order valence-corrected chi connectivity index (χ3v) is 5.04. The second-order valence-corrected chi connectivity index (χ2v) is 7.02. The number of rotatable bonds is 6. The molecule has 0 bridgehead atoms. The van der Waals surface area contributed by atoms with Gasteiger partial charge in [-0.3, -0.25) is 14.5 Å². The van der Waals surface area contributed by atoms with Crippen LogP contribution in [0.4, 0.5) is 5.69 Å². The van der Waals surface area contributed by atoms with E-state index in [0.717, 1.165) is 29.6 Å². The highest BCUT2D eigenvalue weighted by Gasteiger charge is 2.17. The molecule has 3 N–H and O–H groups in total. The number of ether oxygens (including phenoxy) is 1. The fraction of sp³-hybridized carbons (Fsp3) is 0.273. The zero-order valence-electron chi connectivity index (χ0n) is 16.1. The molecule has 150 valence electrons.